The van der Waals surface area contributed by atoms with Gasteiger partial charge in [0.1, 0.15) is 28.7 Å². The molecule has 33 heavy (non-hydrogen) atoms. The van der Waals surface area contributed by atoms with Crippen molar-refractivity contribution in [1.29, 1.82) is 0 Å². The molecule has 0 aromatic heterocycles. The molecule has 0 aliphatic carbocycles. The van der Waals surface area contributed by atoms with Gasteiger partial charge in [0.15, 0.2) is 0 Å². The highest BCUT2D eigenvalue weighted by atomic mass is 35.5. The number of benzene rings is 3. The number of ether oxygens (including phenoxy) is 2. The van der Waals surface area contributed by atoms with Gasteiger partial charge in [-0.1, -0.05) is 30.5 Å². The highest BCUT2D eigenvalue weighted by molar-refractivity contribution is 7.82. The lowest BCUT2D eigenvalue weighted by atomic mass is 10.1. The van der Waals surface area contributed by atoms with E-state index >= 15 is 0 Å². The summed E-state index contributed by atoms with van der Waals surface area (Å²) < 4.78 is 38.9. The molecule has 172 valence electrons. The number of thiol groups is 1. The third-order valence-corrected chi connectivity index (χ3v) is 5.18. The predicted molar refractivity (Wildman–Crippen MR) is 126 cm³/mol. The largest absolute Gasteiger partial charge is 0.495 e. The summed E-state index contributed by atoms with van der Waals surface area (Å²) >= 11 is 10.3. The minimum absolute atomic E-state index is 0.261. The van der Waals surface area contributed by atoms with Gasteiger partial charge in [-0.25, -0.2) is 17.9 Å². The lowest BCUT2D eigenvalue weighted by Gasteiger charge is -2.19. The minimum atomic E-state index is -0.976. The van der Waals surface area contributed by atoms with E-state index in [0.717, 1.165) is 22.5 Å². The number of halogens is 3. The average molecular weight is 494 g/mol. The normalized spacial score (nSPS) is 10.4. The quantitative estimate of drug-likeness (QED) is 0.381. The van der Waals surface area contributed by atoms with Crippen LogP contribution in [0.25, 0.3) is 0 Å². The zero-order valence-electron chi connectivity index (χ0n) is 17.4. The molecule has 0 aliphatic rings. The van der Waals surface area contributed by atoms with Crippen LogP contribution in [0.5, 0.6) is 11.5 Å². The second kappa shape index (κ2) is 10.4. The Morgan fingerprint density at radius 1 is 0.939 bits per heavy atom. The average Bonchev–Trinajstić information content (AvgIpc) is 2.79. The van der Waals surface area contributed by atoms with Gasteiger partial charge in [0.2, 0.25) is 0 Å². The van der Waals surface area contributed by atoms with Gasteiger partial charge in [0, 0.05) is 11.8 Å². The van der Waals surface area contributed by atoms with Crippen molar-refractivity contribution in [3.63, 3.8) is 0 Å². The molecule has 0 saturated carbocycles. The van der Waals surface area contributed by atoms with Gasteiger partial charge in [-0.15, -0.1) is 0 Å². The Balaban J connectivity index is 1.71. The molecule has 11 heteroatoms. The molecule has 0 heterocycles. The Labute approximate surface area is 198 Å². The van der Waals surface area contributed by atoms with Crippen LogP contribution in [0.2, 0.25) is 5.02 Å². The van der Waals surface area contributed by atoms with Crippen molar-refractivity contribution in [2.75, 3.05) is 29.2 Å². The first-order valence-corrected chi connectivity index (χ1v) is 10.1. The van der Waals surface area contributed by atoms with Crippen molar-refractivity contribution >= 4 is 53.4 Å². The standard InChI is InChI=1S/C22H18ClF2N3O4S/c1-31-18-11-19(32-2)17(10-14(18)23)27-22(30)28(33)13-8-6-12(7-9-13)26-21(29)20-15(24)4-3-5-16(20)25/h3-11,33H,1-2H3,(H,26,29)(H,27,30). The molecule has 0 bridgehead atoms. The Morgan fingerprint density at radius 3 is 2.12 bits per heavy atom. The molecule has 0 atom stereocenters. The molecule has 3 rings (SSSR count). The summed E-state index contributed by atoms with van der Waals surface area (Å²) in [4.78, 5) is 24.8. The molecule has 0 unspecified atom stereocenters. The number of carbonyl (C=O) groups excluding carboxylic acids is 2. The molecule has 0 saturated heterocycles. The summed E-state index contributed by atoms with van der Waals surface area (Å²) in [7, 11) is 2.88. The molecule has 2 N–H and O–H groups in total. The maximum absolute atomic E-state index is 13.8. The Morgan fingerprint density at radius 2 is 1.55 bits per heavy atom. The molecule has 0 aliphatic heterocycles. The van der Waals surface area contributed by atoms with Crippen molar-refractivity contribution in [2.24, 2.45) is 0 Å². The van der Waals surface area contributed by atoms with Crippen LogP contribution < -0.4 is 24.4 Å². The van der Waals surface area contributed by atoms with E-state index in [4.69, 9.17) is 21.1 Å². The van der Waals surface area contributed by atoms with Gasteiger partial charge in [-0.2, -0.15) is 0 Å². The van der Waals surface area contributed by atoms with Gasteiger partial charge in [-0.3, -0.25) is 4.79 Å². The van der Waals surface area contributed by atoms with Gasteiger partial charge < -0.3 is 20.1 Å². The fourth-order valence-corrected chi connectivity index (χ4v) is 3.26. The molecule has 3 aromatic rings. The Hall–Kier alpha value is -3.50. The Kier molecular flexibility index (Phi) is 7.62. The zero-order valence-corrected chi connectivity index (χ0v) is 19.0. The van der Waals surface area contributed by atoms with Gasteiger partial charge in [0.05, 0.1) is 30.6 Å². The van der Waals surface area contributed by atoms with E-state index in [1.165, 1.54) is 50.6 Å². The Bertz CT molecular complexity index is 1170. The highest BCUT2D eigenvalue weighted by Gasteiger charge is 2.19. The van der Waals surface area contributed by atoms with Crippen LogP contribution in [0.1, 0.15) is 10.4 Å². The van der Waals surface area contributed by atoms with Gasteiger partial charge >= 0.3 is 6.03 Å². The summed E-state index contributed by atoms with van der Waals surface area (Å²) in [5.41, 5.74) is 0.216. The van der Waals surface area contributed by atoms with Crippen molar-refractivity contribution in [3.8, 4) is 11.5 Å². The highest BCUT2D eigenvalue weighted by Crippen LogP contribution is 2.36. The van der Waals surface area contributed by atoms with Crippen LogP contribution >= 0.6 is 24.4 Å². The van der Waals surface area contributed by atoms with E-state index in [-0.39, 0.29) is 10.7 Å². The van der Waals surface area contributed by atoms with E-state index in [0.29, 0.717) is 22.9 Å². The number of hydrogen-bond donors (Lipinski definition) is 3. The number of hydrogen-bond acceptors (Lipinski definition) is 5. The maximum atomic E-state index is 13.8. The third kappa shape index (κ3) is 5.47. The molecule has 3 amide bonds. The SMILES string of the molecule is COc1cc(OC)c(NC(=O)N(S)c2ccc(NC(=O)c3c(F)cccc3F)cc2)cc1Cl. The van der Waals surface area contributed by atoms with Crippen LogP contribution in [0.15, 0.2) is 54.6 Å². The summed E-state index contributed by atoms with van der Waals surface area (Å²) in [6.07, 6.45) is 0. The van der Waals surface area contributed by atoms with Crippen LogP contribution in [0.4, 0.5) is 30.6 Å². The molecule has 3 aromatic carbocycles. The number of anilines is 3. The molecule has 0 spiro atoms. The smallest absolute Gasteiger partial charge is 0.336 e. The van der Waals surface area contributed by atoms with Crippen molar-refractivity contribution in [3.05, 3.63) is 76.8 Å². The lowest BCUT2D eigenvalue weighted by Crippen LogP contribution is -2.27. The number of methoxy groups -OCH3 is 2. The summed E-state index contributed by atoms with van der Waals surface area (Å²) in [5, 5.41) is 5.30. The zero-order chi connectivity index (χ0) is 24.1. The third-order valence-electron chi connectivity index (χ3n) is 4.47. The van der Waals surface area contributed by atoms with Crippen LogP contribution in [-0.2, 0) is 0 Å². The second-order valence-corrected chi connectivity index (χ2v) is 7.33. The van der Waals surface area contributed by atoms with Gasteiger partial charge in [-0.05, 0) is 42.5 Å². The van der Waals surface area contributed by atoms with E-state index in [9.17, 15) is 18.4 Å². The number of nitrogens with one attached hydrogen (secondary N) is 2. The number of amides is 3. The fraction of sp³-hybridized carbons (Fsp3) is 0.0909. The lowest BCUT2D eigenvalue weighted by molar-refractivity contribution is 0.101. The minimum Gasteiger partial charge on any atom is -0.495 e. The van der Waals surface area contributed by atoms with E-state index in [1.54, 1.807) is 0 Å². The molecule has 7 nitrogen and oxygen atoms in total. The summed E-state index contributed by atoms with van der Waals surface area (Å²) in [6.45, 7) is 0. The first kappa shape index (κ1) is 24.1. The van der Waals surface area contributed by atoms with Crippen molar-refractivity contribution in [2.45, 2.75) is 0 Å². The van der Waals surface area contributed by atoms with E-state index in [1.807, 2.05) is 0 Å². The first-order chi connectivity index (χ1) is 15.7. The van der Waals surface area contributed by atoms with Crippen molar-refractivity contribution in [1.82, 2.24) is 0 Å². The number of urea groups is 1. The number of rotatable bonds is 6. The van der Waals surface area contributed by atoms with Crippen LogP contribution in [0, 0.1) is 11.6 Å². The molecule has 0 fully saturated rings. The fourth-order valence-electron chi connectivity index (χ4n) is 2.84. The first-order valence-electron chi connectivity index (χ1n) is 9.32. The molecule has 0 radical (unpaired) electrons. The topological polar surface area (TPSA) is 79.9 Å². The maximum Gasteiger partial charge on any atom is 0.336 e. The van der Waals surface area contributed by atoms with Crippen LogP contribution in [-0.4, -0.2) is 26.2 Å². The van der Waals surface area contributed by atoms with E-state index < -0.39 is 29.1 Å². The number of nitrogens with zero attached hydrogens (tertiary/aromatic N) is 1. The van der Waals surface area contributed by atoms with Gasteiger partial charge in [0.25, 0.3) is 5.91 Å². The van der Waals surface area contributed by atoms with E-state index in [2.05, 4.69) is 23.4 Å². The predicted octanol–water partition coefficient (Wildman–Crippen LogP) is 5.77. The summed E-state index contributed by atoms with van der Waals surface area (Å²) in [6, 6.07) is 11.4. The van der Waals surface area contributed by atoms with Crippen LogP contribution in [0.3, 0.4) is 0 Å². The van der Waals surface area contributed by atoms with Crippen molar-refractivity contribution < 1.29 is 27.8 Å². The molecular weight excluding hydrogens is 476 g/mol. The molecular formula is C22H18ClF2N3O4S. The summed E-state index contributed by atoms with van der Waals surface area (Å²) in [5.74, 6) is -2.19. The second-order valence-electron chi connectivity index (χ2n) is 6.53. The monoisotopic (exact) mass is 493 g/mol. The number of carbonyl (C=O) groups is 2.